The van der Waals surface area contributed by atoms with Gasteiger partial charge in [0.1, 0.15) is 15.3 Å². The number of nitrogens with one attached hydrogen (secondary N) is 1. The van der Waals surface area contributed by atoms with Crippen molar-refractivity contribution in [1.29, 1.82) is 0 Å². The van der Waals surface area contributed by atoms with Gasteiger partial charge in [-0.05, 0) is 31.2 Å². The van der Waals surface area contributed by atoms with Crippen LogP contribution in [0, 0.1) is 5.82 Å². The van der Waals surface area contributed by atoms with Gasteiger partial charge in [0, 0.05) is 41.5 Å². The van der Waals surface area contributed by atoms with Crippen molar-refractivity contribution in [3.05, 3.63) is 58.9 Å². The molecule has 0 saturated carbocycles. The maximum atomic E-state index is 14.4. The van der Waals surface area contributed by atoms with E-state index in [1.165, 1.54) is 35.1 Å². The normalized spacial score (nSPS) is 11.2. The second-order valence-electron chi connectivity index (χ2n) is 5.72. The number of aromatic nitrogens is 2. The lowest BCUT2D eigenvalue weighted by atomic mass is 10.2. The number of thiophene rings is 1. The van der Waals surface area contributed by atoms with Crippen LogP contribution in [-0.2, 0) is 0 Å². The molecule has 26 heavy (non-hydrogen) atoms. The summed E-state index contributed by atoms with van der Waals surface area (Å²) in [4.78, 5) is 18.2. The average molecular weight is 369 g/mol. The van der Waals surface area contributed by atoms with Crippen LogP contribution in [0.15, 0.2) is 47.5 Å². The first-order valence-electron chi connectivity index (χ1n) is 8.14. The van der Waals surface area contributed by atoms with Crippen LogP contribution in [-0.4, -0.2) is 23.2 Å². The molecule has 0 amide bonds. The van der Waals surface area contributed by atoms with E-state index in [2.05, 4.69) is 10.3 Å². The summed E-state index contributed by atoms with van der Waals surface area (Å²) < 4.78 is 21.3. The number of rotatable bonds is 4. The van der Waals surface area contributed by atoms with Gasteiger partial charge in [-0.25, -0.2) is 9.37 Å². The topological polar surface area (TPSA) is 56.2 Å². The molecule has 0 unspecified atom stereocenters. The third-order valence-corrected chi connectivity index (χ3v) is 5.32. The monoisotopic (exact) mass is 369 g/mol. The number of methoxy groups -OCH3 is 1. The summed E-state index contributed by atoms with van der Waals surface area (Å²) in [7, 11) is 1.47. The highest BCUT2D eigenvalue weighted by atomic mass is 32.1. The first-order chi connectivity index (χ1) is 12.6. The molecule has 0 aliphatic carbocycles. The quantitative estimate of drug-likeness (QED) is 0.586. The van der Waals surface area contributed by atoms with Crippen molar-refractivity contribution in [1.82, 2.24) is 9.55 Å². The Morgan fingerprint density at radius 1 is 1.31 bits per heavy atom. The number of nitrogens with zero attached hydrogens (tertiary/aromatic N) is 2. The molecule has 132 valence electrons. The summed E-state index contributed by atoms with van der Waals surface area (Å²) in [5, 5.41) is 5.05. The molecule has 0 aliphatic heterocycles. The maximum Gasteiger partial charge on any atom is 0.273 e. The van der Waals surface area contributed by atoms with Crippen LogP contribution in [0.3, 0.4) is 0 Å². The van der Waals surface area contributed by atoms with Gasteiger partial charge in [-0.3, -0.25) is 9.36 Å². The minimum Gasteiger partial charge on any atom is -0.497 e. The molecule has 0 radical (unpaired) electrons. The van der Waals surface area contributed by atoms with Crippen molar-refractivity contribution in [2.24, 2.45) is 0 Å². The van der Waals surface area contributed by atoms with E-state index in [1.807, 2.05) is 19.1 Å². The van der Waals surface area contributed by atoms with Crippen molar-refractivity contribution in [3.63, 3.8) is 0 Å². The van der Waals surface area contributed by atoms with E-state index in [0.29, 0.717) is 10.4 Å². The number of hydrogen-bond acceptors (Lipinski definition) is 5. The SMILES string of the molecule is CCNc1ccnc2sc3c(=O)n(-c4ccc(OC)cc4F)ccc3c12. The predicted octanol–water partition coefficient (Wildman–Crippen LogP) is 4.18. The van der Waals surface area contributed by atoms with E-state index in [0.717, 1.165) is 27.8 Å². The molecular formula is C19H16FN3O2S. The Labute approximate surface area is 152 Å². The van der Waals surface area contributed by atoms with Crippen LogP contribution < -0.4 is 15.6 Å². The fourth-order valence-electron chi connectivity index (χ4n) is 3.03. The van der Waals surface area contributed by atoms with Crippen LogP contribution in [0.2, 0.25) is 0 Å². The average Bonchev–Trinajstić information content (AvgIpc) is 3.03. The Balaban J connectivity index is 1.98. The van der Waals surface area contributed by atoms with Crippen LogP contribution in [0.4, 0.5) is 10.1 Å². The number of hydrogen-bond donors (Lipinski definition) is 1. The van der Waals surface area contributed by atoms with Gasteiger partial charge in [0.05, 0.1) is 12.8 Å². The summed E-state index contributed by atoms with van der Waals surface area (Å²) >= 11 is 1.32. The molecule has 5 nitrogen and oxygen atoms in total. The van der Waals surface area contributed by atoms with Crippen LogP contribution in [0.5, 0.6) is 5.75 Å². The highest BCUT2D eigenvalue weighted by molar-refractivity contribution is 7.25. The number of benzene rings is 1. The minimum absolute atomic E-state index is 0.190. The molecule has 1 N–H and O–H groups in total. The summed E-state index contributed by atoms with van der Waals surface area (Å²) in [5.41, 5.74) is 0.864. The zero-order valence-electron chi connectivity index (χ0n) is 14.2. The molecule has 0 spiro atoms. The second-order valence-corrected chi connectivity index (χ2v) is 6.72. The molecule has 3 heterocycles. The Bertz CT molecular complexity index is 1180. The van der Waals surface area contributed by atoms with Gasteiger partial charge >= 0.3 is 0 Å². The smallest absolute Gasteiger partial charge is 0.273 e. The van der Waals surface area contributed by atoms with Gasteiger partial charge in [0.15, 0.2) is 5.82 Å². The van der Waals surface area contributed by atoms with E-state index in [9.17, 15) is 9.18 Å². The second kappa shape index (κ2) is 6.42. The van der Waals surface area contributed by atoms with Crippen LogP contribution in [0.1, 0.15) is 6.92 Å². The van der Waals surface area contributed by atoms with E-state index < -0.39 is 5.82 Å². The molecule has 0 bridgehead atoms. The fraction of sp³-hybridized carbons (Fsp3) is 0.158. The van der Waals surface area contributed by atoms with Gasteiger partial charge in [-0.15, -0.1) is 11.3 Å². The number of ether oxygens (including phenoxy) is 1. The fourth-order valence-corrected chi connectivity index (χ4v) is 4.12. The zero-order chi connectivity index (χ0) is 18.3. The summed E-state index contributed by atoms with van der Waals surface area (Å²) in [6.07, 6.45) is 3.32. The molecule has 1 aromatic carbocycles. The number of halogens is 1. The largest absolute Gasteiger partial charge is 0.497 e. The van der Waals surface area contributed by atoms with Crippen molar-refractivity contribution < 1.29 is 9.13 Å². The number of pyridine rings is 2. The third kappa shape index (κ3) is 2.52. The Morgan fingerprint density at radius 3 is 2.88 bits per heavy atom. The van der Waals surface area contributed by atoms with Gasteiger partial charge in [0.2, 0.25) is 0 Å². The van der Waals surface area contributed by atoms with Gasteiger partial charge in [-0.2, -0.15) is 0 Å². The first kappa shape index (κ1) is 16.5. The first-order valence-corrected chi connectivity index (χ1v) is 8.96. The van der Waals surface area contributed by atoms with E-state index in [1.54, 1.807) is 18.5 Å². The van der Waals surface area contributed by atoms with Crippen molar-refractivity contribution >= 4 is 37.3 Å². The molecule has 7 heteroatoms. The van der Waals surface area contributed by atoms with Crippen molar-refractivity contribution in [2.45, 2.75) is 6.92 Å². The van der Waals surface area contributed by atoms with Crippen molar-refractivity contribution in [3.8, 4) is 11.4 Å². The van der Waals surface area contributed by atoms with E-state index in [-0.39, 0.29) is 11.2 Å². The Hall–Kier alpha value is -2.93. The van der Waals surface area contributed by atoms with Gasteiger partial charge < -0.3 is 10.1 Å². The number of anilines is 1. The highest BCUT2D eigenvalue weighted by Crippen LogP contribution is 2.35. The maximum absolute atomic E-state index is 14.4. The molecule has 4 aromatic rings. The highest BCUT2D eigenvalue weighted by Gasteiger charge is 2.16. The summed E-state index contributed by atoms with van der Waals surface area (Å²) in [5.74, 6) is -0.111. The lowest BCUT2D eigenvalue weighted by molar-refractivity contribution is 0.411. The molecule has 0 aliphatic rings. The molecule has 4 rings (SSSR count). The summed E-state index contributed by atoms with van der Waals surface area (Å²) in [6.45, 7) is 2.78. The lowest BCUT2D eigenvalue weighted by Crippen LogP contribution is -2.17. The Morgan fingerprint density at radius 2 is 2.15 bits per heavy atom. The zero-order valence-corrected chi connectivity index (χ0v) is 15.1. The summed E-state index contributed by atoms with van der Waals surface area (Å²) in [6, 6.07) is 8.16. The van der Waals surface area contributed by atoms with E-state index in [4.69, 9.17) is 4.74 Å². The molecular weight excluding hydrogens is 353 g/mol. The predicted molar refractivity (Wildman–Crippen MR) is 103 cm³/mol. The van der Waals surface area contributed by atoms with Gasteiger partial charge in [0.25, 0.3) is 5.56 Å². The minimum atomic E-state index is -0.515. The molecule has 0 fully saturated rings. The van der Waals surface area contributed by atoms with Crippen molar-refractivity contribution in [2.75, 3.05) is 19.0 Å². The molecule has 0 saturated heterocycles. The molecule has 0 atom stereocenters. The third-order valence-electron chi connectivity index (χ3n) is 4.21. The van der Waals surface area contributed by atoms with Crippen LogP contribution in [0.25, 0.3) is 26.0 Å². The van der Waals surface area contributed by atoms with E-state index >= 15 is 0 Å². The lowest BCUT2D eigenvalue weighted by Gasteiger charge is -2.09. The number of fused-ring (bicyclic) bond motifs is 3. The van der Waals surface area contributed by atoms with Crippen LogP contribution >= 0.6 is 11.3 Å². The van der Waals surface area contributed by atoms with Gasteiger partial charge in [-0.1, -0.05) is 0 Å². The molecule has 3 aromatic heterocycles. The Kier molecular flexibility index (Phi) is 4.08. The standard InChI is InChI=1S/C19H16FN3O2S/c1-3-21-14-6-8-22-18-16(14)12-7-9-23(19(24)17(12)26-18)15-5-4-11(25-2)10-13(15)20/h4-10H,3H2,1-2H3,(H,21,22).